The molecule has 0 saturated carbocycles. The molecule has 0 fully saturated rings. The fraction of sp³-hybridized carbons (Fsp3) is 0.455. The molecule has 0 aliphatic heterocycles. The molecule has 0 aromatic heterocycles. The van der Waals surface area contributed by atoms with Crippen LogP contribution in [0.15, 0.2) is 33.6 Å². The molecule has 1 rings (SSSR count). The minimum Gasteiger partial charge on any atom is -0.260 e. The van der Waals surface area contributed by atoms with Crippen molar-refractivity contribution in [3.05, 3.63) is 28.7 Å². The third kappa shape index (κ3) is 4.79. The van der Waals surface area contributed by atoms with Crippen LogP contribution in [0.25, 0.3) is 0 Å². The number of hydrogen-bond donors (Lipinski definition) is 1. The molecule has 2 unspecified atom stereocenters. The van der Waals surface area contributed by atoms with Crippen molar-refractivity contribution in [1.82, 2.24) is 4.72 Å². The average Bonchev–Trinajstić information content (AvgIpc) is 2.28. The summed E-state index contributed by atoms with van der Waals surface area (Å²) in [5, 5.41) is -0.0183. The number of benzene rings is 1. The van der Waals surface area contributed by atoms with Crippen LogP contribution in [0.1, 0.15) is 13.3 Å². The predicted molar refractivity (Wildman–Crippen MR) is 77.5 cm³/mol. The zero-order valence-corrected chi connectivity index (χ0v) is 13.4. The summed E-state index contributed by atoms with van der Waals surface area (Å²) in [5.74, 6) is 0. The molecule has 102 valence electrons. The first-order valence-corrected chi connectivity index (χ1v) is 9.30. The molecule has 7 heteroatoms. The molecule has 0 aliphatic rings. The summed E-state index contributed by atoms with van der Waals surface area (Å²) in [5.41, 5.74) is 0. The van der Waals surface area contributed by atoms with Crippen LogP contribution >= 0.6 is 15.9 Å². The van der Waals surface area contributed by atoms with E-state index in [9.17, 15) is 12.6 Å². The average molecular weight is 354 g/mol. The molecule has 1 N–H and O–H groups in total. The third-order valence-electron chi connectivity index (χ3n) is 2.52. The molecule has 2 atom stereocenters. The lowest BCUT2D eigenvalue weighted by atomic mass is 10.3. The first-order valence-electron chi connectivity index (χ1n) is 5.40. The zero-order chi connectivity index (χ0) is 13.8. The highest BCUT2D eigenvalue weighted by Crippen LogP contribution is 2.15. The number of nitrogens with one attached hydrogen (secondary N) is 1. The normalized spacial score (nSPS) is 15.3. The molecule has 1 aromatic carbocycles. The van der Waals surface area contributed by atoms with E-state index in [0.29, 0.717) is 10.9 Å². The van der Waals surface area contributed by atoms with Gasteiger partial charge in [0.2, 0.25) is 10.0 Å². The van der Waals surface area contributed by atoms with Crippen LogP contribution < -0.4 is 4.72 Å². The van der Waals surface area contributed by atoms with Crippen LogP contribution in [0.5, 0.6) is 0 Å². The second-order valence-corrected chi connectivity index (χ2v) is 8.44. The quantitative estimate of drug-likeness (QED) is 0.849. The maximum atomic E-state index is 11.9. The number of halogens is 1. The van der Waals surface area contributed by atoms with Crippen molar-refractivity contribution in [2.24, 2.45) is 0 Å². The molecule has 1 aromatic rings. The van der Waals surface area contributed by atoms with Gasteiger partial charge in [0.05, 0.1) is 4.90 Å². The standard InChI is InChI=1S/C11H16BrNO3S2/c1-9(17(2)14)6-7-13-18(15,16)11-5-3-4-10(12)8-11/h3-5,8-9,13H,6-7H2,1-2H3. The highest BCUT2D eigenvalue weighted by molar-refractivity contribution is 9.10. The van der Waals surface area contributed by atoms with Crippen molar-refractivity contribution in [2.45, 2.75) is 23.5 Å². The number of rotatable bonds is 6. The minimum absolute atomic E-state index is 0.0183. The smallest absolute Gasteiger partial charge is 0.240 e. The highest BCUT2D eigenvalue weighted by atomic mass is 79.9. The Morgan fingerprint density at radius 2 is 2.11 bits per heavy atom. The number of sulfonamides is 1. The van der Waals surface area contributed by atoms with Gasteiger partial charge in [0.1, 0.15) is 0 Å². The Bertz CT molecular complexity index is 531. The Morgan fingerprint density at radius 3 is 2.67 bits per heavy atom. The lowest BCUT2D eigenvalue weighted by molar-refractivity contribution is 0.578. The molecule has 18 heavy (non-hydrogen) atoms. The van der Waals surface area contributed by atoms with Crippen molar-refractivity contribution in [3.63, 3.8) is 0 Å². The van der Waals surface area contributed by atoms with Gasteiger partial charge in [-0.05, 0) is 24.6 Å². The van der Waals surface area contributed by atoms with E-state index in [-0.39, 0.29) is 16.7 Å². The Balaban J connectivity index is 2.64. The van der Waals surface area contributed by atoms with Crippen LogP contribution in [0.2, 0.25) is 0 Å². The molecule has 0 amide bonds. The summed E-state index contributed by atoms with van der Waals surface area (Å²) in [6, 6.07) is 6.52. The summed E-state index contributed by atoms with van der Waals surface area (Å²) in [4.78, 5) is 0.224. The second kappa shape index (κ2) is 6.79. The van der Waals surface area contributed by atoms with Gasteiger partial charge in [-0.25, -0.2) is 13.1 Å². The van der Waals surface area contributed by atoms with Crippen LogP contribution in [0.3, 0.4) is 0 Å². The summed E-state index contributed by atoms with van der Waals surface area (Å²) in [6.07, 6.45) is 2.17. The Morgan fingerprint density at radius 1 is 1.44 bits per heavy atom. The number of hydrogen-bond acceptors (Lipinski definition) is 3. The Hall–Kier alpha value is -0.240. The van der Waals surface area contributed by atoms with E-state index in [4.69, 9.17) is 0 Å². The van der Waals surface area contributed by atoms with E-state index in [1.165, 1.54) is 6.07 Å². The van der Waals surface area contributed by atoms with Crippen molar-refractivity contribution >= 4 is 36.8 Å². The van der Waals surface area contributed by atoms with Gasteiger partial charge in [-0.2, -0.15) is 0 Å². The van der Waals surface area contributed by atoms with Gasteiger partial charge < -0.3 is 0 Å². The third-order valence-corrected chi connectivity index (χ3v) is 5.84. The van der Waals surface area contributed by atoms with Crippen molar-refractivity contribution in [3.8, 4) is 0 Å². The van der Waals surface area contributed by atoms with Crippen LogP contribution in [0.4, 0.5) is 0 Å². The van der Waals surface area contributed by atoms with Crippen molar-refractivity contribution in [2.75, 3.05) is 12.8 Å². The van der Waals surface area contributed by atoms with E-state index in [2.05, 4.69) is 20.7 Å². The second-order valence-electron chi connectivity index (χ2n) is 3.95. The highest BCUT2D eigenvalue weighted by Gasteiger charge is 2.14. The molecule has 0 saturated heterocycles. The summed E-state index contributed by atoms with van der Waals surface area (Å²) in [7, 11) is -4.41. The molecule has 0 aliphatic carbocycles. The molecule has 0 heterocycles. The fourth-order valence-electron chi connectivity index (χ4n) is 1.28. The first-order chi connectivity index (χ1) is 8.33. The van der Waals surface area contributed by atoms with Crippen LogP contribution in [-0.2, 0) is 20.8 Å². The summed E-state index contributed by atoms with van der Waals surface area (Å²) < 4.78 is 38.2. The van der Waals surface area contributed by atoms with Gasteiger partial charge in [0.25, 0.3) is 0 Å². The molecular formula is C11H16BrNO3S2. The molecule has 0 radical (unpaired) electrons. The Kier molecular flexibility index (Phi) is 5.97. The molecule has 0 spiro atoms. The predicted octanol–water partition coefficient (Wildman–Crippen LogP) is 1.88. The molecule has 0 bridgehead atoms. The van der Waals surface area contributed by atoms with Gasteiger partial charge in [-0.15, -0.1) is 0 Å². The van der Waals surface area contributed by atoms with Gasteiger partial charge in [-0.1, -0.05) is 28.9 Å². The zero-order valence-electron chi connectivity index (χ0n) is 10.2. The van der Waals surface area contributed by atoms with E-state index >= 15 is 0 Å². The van der Waals surface area contributed by atoms with Crippen LogP contribution in [0, 0.1) is 0 Å². The fourth-order valence-corrected chi connectivity index (χ4v) is 3.37. The Labute approximate surface area is 119 Å². The van der Waals surface area contributed by atoms with Gasteiger partial charge >= 0.3 is 0 Å². The SMILES string of the molecule is CC(CCNS(=O)(=O)c1cccc(Br)c1)S(C)=O. The maximum absolute atomic E-state index is 11.9. The first kappa shape index (κ1) is 15.8. The minimum atomic E-state index is -3.48. The van der Waals surface area contributed by atoms with E-state index < -0.39 is 20.8 Å². The van der Waals surface area contributed by atoms with Crippen molar-refractivity contribution < 1.29 is 12.6 Å². The van der Waals surface area contributed by atoms with Gasteiger partial charge in [-0.3, -0.25) is 4.21 Å². The van der Waals surface area contributed by atoms with Crippen molar-refractivity contribution in [1.29, 1.82) is 0 Å². The van der Waals surface area contributed by atoms with Crippen LogP contribution in [-0.4, -0.2) is 30.7 Å². The molecular weight excluding hydrogens is 338 g/mol. The topological polar surface area (TPSA) is 63.2 Å². The largest absolute Gasteiger partial charge is 0.260 e. The van der Waals surface area contributed by atoms with E-state index in [1.54, 1.807) is 24.5 Å². The summed E-state index contributed by atoms with van der Waals surface area (Å²) in [6.45, 7) is 2.12. The maximum Gasteiger partial charge on any atom is 0.240 e. The van der Waals surface area contributed by atoms with E-state index in [0.717, 1.165) is 0 Å². The lowest BCUT2D eigenvalue weighted by Crippen LogP contribution is -2.27. The van der Waals surface area contributed by atoms with E-state index in [1.807, 2.05) is 6.92 Å². The van der Waals surface area contributed by atoms with Gasteiger partial charge in [0, 0.05) is 33.3 Å². The van der Waals surface area contributed by atoms with Gasteiger partial charge in [0.15, 0.2) is 0 Å². The lowest BCUT2D eigenvalue weighted by Gasteiger charge is -2.10. The molecule has 4 nitrogen and oxygen atoms in total. The summed E-state index contributed by atoms with van der Waals surface area (Å²) >= 11 is 3.23. The monoisotopic (exact) mass is 353 g/mol.